The van der Waals surface area contributed by atoms with Gasteiger partial charge in [0.15, 0.2) is 0 Å². The first-order valence-electron chi connectivity index (χ1n) is 8.35. The molecule has 3 aromatic carbocycles. The third-order valence-electron chi connectivity index (χ3n) is 4.48. The SMILES string of the molecule is N#Cc1cc2ccc(-c3ccccc3)cc2n(-c2ccc([NH+]=O)cc2)c1=O. The second kappa shape index (κ2) is 6.70. The Labute approximate surface area is 154 Å². The lowest BCUT2D eigenvalue weighted by molar-refractivity contribution is -0.379. The van der Waals surface area contributed by atoms with Gasteiger partial charge in [-0.2, -0.15) is 5.26 Å². The number of hydrogen-bond donors (Lipinski definition) is 1. The molecule has 0 aliphatic rings. The van der Waals surface area contributed by atoms with Gasteiger partial charge in [0.1, 0.15) is 11.6 Å². The van der Waals surface area contributed by atoms with Gasteiger partial charge >= 0.3 is 0 Å². The molecular formula is C22H14N3O2+. The van der Waals surface area contributed by atoms with E-state index in [0.29, 0.717) is 16.9 Å². The van der Waals surface area contributed by atoms with E-state index in [0.717, 1.165) is 16.5 Å². The first-order valence-corrected chi connectivity index (χ1v) is 8.35. The minimum atomic E-state index is -0.391. The molecule has 0 amide bonds. The summed E-state index contributed by atoms with van der Waals surface area (Å²) in [6, 6.07) is 25.8. The fourth-order valence-corrected chi connectivity index (χ4v) is 3.13. The number of pyridine rings is 1. The molecule has 0 bridgehead atoms. The Morgan fingerprint density at radius 3 is 2.26 bits per heavy atom. The Hall–Kier alpha value is -4.04. The summed E-state index contributed by atoms with van der Waals surface area (Å²) in [5.41, 5.74) is 3.37. The van der Waals surface area contributed by atoms with Gasteiger partial charge in [-0.3, -0.25) is 9.36 Å². The van der Waals surface area contributed by atoms with E-state index in [-0.39, 0.29) is 5.56 Å². The first-order chi connectivity index (χ1) is 13.2. The molecule has 27 heavy (non-hydrogen) atoms. The highest BCUT2D eigenvalue weighted by Crippen LogP contribution is 2.26. The van der Waals surface area contributed by atoms with Crippen molar-refractivity contribution in [1.82, 2.24) is 4.57 Å². The zero-order valence-electron chi connectivity index (χ0n) is 14.2. The van der Waals surface area contributed by atoms with Crippen molar-refractivity contribution in [3.8, 4) is 22.9 Å². The van der Waals surface area contributed by atoms with Crippen molar-refractivity contribution in [2.45, 2.75) is 0 Å². The topological polar surface area (TPSA) is 76.8 Å². The third kappa shape index (κ3) is 2.90. The second-order valence-corrected chi connectivity index (χ2v) is 6.10. The molecule has 1 aromatic heterocycles. The van der Waals surface area contributed by atoms with Crippen LogP contribution in [0.3, 0.4) is 0 Å². The van der Waals surface area contributed by atoms with Crippen LogP contribution in [0.15, 0.2) is 83.7 Å². The summed E-state index contributed by atoms with van der Waals surface area (Å²) < 4.78 is 1.51. The predicted molar refractivity (Wildman–Crippen MR) is 104 cm³/mol. The standard InChI is InChI=1S/C22H13N3O2/c23-14-18-12-17-7-6-16(15-4-2-1-3-5-15)13-21(17)25(22(18)26)20-10-8-19(24-27)9-11-20/h1-13H/p+1. The number of nitroso groups, excluding NO2 is 1. The maximum atomic E-state index is 12.9. The second-order valence-electron chi connectivity index (χ2n) is 6.10. The van der Waals surface area contributed by atoms with Crippen molar-refractivity contribution in [3.05, 3.63) is 99.7 Å². The Morgan fingerprint density at radius 1 is 0.852 bits per heavy atom. The molecule has 5 nitrogen and oxygen atoms in total. The van der Waals surface area contributed by atoms with Crippen LogP contribution in [0.5, 0.6) is 0 Å². The normalized spacial score (nSPS) is 10.5. The highest BCUT2D eigenvalue weighted by molar-refractivity contribution is 5.86. The lowest BCUT2D eigenvalue weighted by atomic mass is 10.0. The highest BCUT2D eigenvalue weighted by atomic mass is 16.3. The molecule has 4 rings (SSSR count). The number of fused-ring (bicyclic) bond motifs is 1. The molecule has 128 valence electrons. The van der Waals surface area contributed by atoms with E-state index in [4.69, 9.17) is 0 Å². The van der Waals surface area contributed by atoms with Crippen molar-refractivity contribution in [2.24, 2.45) is 0 Å². The maximum Gasteiger partial charge on any atom is 0.273 e. The van der Waals surface area contributed by atoms with E-state index in [2.05, 4.69) is 0 Å². The molecule has 0 aliphatic carbocycles. The Balaban J connectivity index is 2.04. The van der Waals surface area contributed by atoms with Crippen LogP contribution in [-0.4, -0.2) is 4.57 Å². The number of hydrogen-bond acceptors (Lipinski definition) is 3. The fraction of sp³-hybridized carbons (Fsp3) is 0. The van der Waals surface area contributed by atoms with Crippen molar-refractivity contribution in [1.29, 1.82) is 5.26 Å². The van der Waals surface area contributed by atoms with Crippen LogP contribution < -0.4 is 10.7 Å². The first kappa shape index (κ1) is 16.4. The van der Waals surface area contributed by atoms with Crippen molar-refractivity contribution >= 4 is 16.6 Å². The lowest BCUT2D eigenvalue weighted by Crippen LogP contribution is -2.55. The summed E-state index contributed by atoms with van der Waals surface area (Å²) in [4.78, 5) is 23.7. The van der Waals surface area contributed by atoms with Gasteiger partial charge in [0.25, 0.3) is 11.2 Å². The van der Waals surface area contributed by atoms with E-state index >= 15 is 0 Å². The number of nitrogens with zero attached hydrogens (tertiary/aromatic N) is 2. The van der Waals surface area contributed by atoms with Crippen LogP contribution in [0.2, 0.25) is 0 Å². The van der Waals surface area contributed by atoms with Crippen molar-refractivity contribution < 1.29 is 5.18 Å². The zero-order chi connectivity index (χ0) is 18.8. The molecule has 0 saturated heterocycles. The molecule has 4 aromatic rings. The molecule has 0 atom stereocenters. The van der Waals surface area contributed by atoms with Crippen LogP contribution in [0.25, 0.3) is 27.7 Å². The lowest BCUT2D eigenvalue weighted by Gasteiger charge is -2.12. The molecule has 1 N–H and O–H groups in total. The largest absolute Gasteiger partial charge is 0.276 e. The van der Waals surface area contributed by atoms with E-state index in [1.165, 1.54) is 4.57 Å². The quantitative estimate of drug-likeness (QED) is 0.616. The van der Waals surface area contributed by atoms with Crippen LogP contribution >= 0.6 is 0 Å². The molecule has 0 aliphatic heterocycles. The Bertz CT molecular complexity index is 1250. The van der Waals surface area contributed by atoms with Crippen LogP contribution in [0, 0.1) is 16.2 Å². The number of aromatic nitrogens is 1. The van der Waals surface area contributed by atoms with Gasteiger partial charge in [-0.1, -0.05) is 42.5 Å². The summed E-state index contributed by atoms with van der Waals surface area (Å²) in [6.45, 7) is 0. The van der Waals surface area contributed by atoms with Gasteiger partial charge < -0.3 is 0 Å². The van der Waals surface area contributed by atoms with Crippen LogP contribution in [0.4, 0.5) is 5.69 Å². The predicted octanol–water partition coefficient (Wildman–Crippen LogP) is 3.01. The van der Waals surface area contributed by atoms with Gasteiger partial charge in [-0.05, 0) is 35.4 Å². The maximum absolute atomic E-state index is 12.9. The summed E-state index contributed by atoms with van der Waals surface area (Å²) in [5, 5.41) is 12.0. The molecule has 1 heterocycles. The molecule has 0 saturated carbocycles. The Kier molecular flexibility index (Phi) is 4.07. The van der Waals surface area contributed by atoms with E-state index in [9.17, 15) is 15.0 Å². The molecule has 0 radical (unpaired) electrons. The average molecular weight is 352 g/mol. The zero-order valence-corrected chi connectivity index (χ0v) is 14.2. The van der Waals surface area contributed by atoms with Crippen LogP contribution in [0.1, 0.15) is 5.56 Å². The average Bonchev–Trinajstić information content (AvgIpc) is 2.74. The number of benzene rings is 3. The monoisotopic (exact) mass is 352 g/mol. The molecule has 0 fully saturated rings. The van der Waals surface area contributed by atoms with Gasteiger partial charge in [0.2, 0.25) is 0 Å². The molecule has 5 heteroatoms. The summed E-state index contributed by atoms with van der Waals surface area (Å²) in [5.74, 6) is 0. The molecule has 0 unspecified atom stereocenters. The number of rotatable bonds is 3. The smallest absolute Gasteiger partial charge is 0.273 e. The van der Waals surface area contributed by atoms with E-state index < -0.39 is 5.56 Å². The summed E-state index contributed by atoms with van der Waals surface area (Å²) >= 11 is 0. The molecule has 0 spiro atoms. The van der Waals surface area contributed by atoms with Gasteiger partial charge in [0, 0.05) is 33.3 Å². The summed E-state index contributed by atoms with van der Waals surface area (Å²) in [6.07, 6.45) is 0. The number of nitriles is 1. The highest BCUT2D eigenvalue weighted by Gasteiger charge is 2.12. The van der Waals surface area contributed by atoms with Crippen LogP contribution in [-0.2, 0) is 0 Å². The molecular weight excluding hydrogens is 338 g/mol. The minimum Gasteiger partial charge on any atom is -0.276 e. The summed E-state index contributed by atoms with van der Waals surface area (Å²) in [7, 11) is 0. The van der Waals surface area contributed by atoms with Gasteiger partial charge in [-0.25, -0.2) is 0 Å². The number of nitrogens with one attached hydrogen (secondary N) is 1. The van der Waals surface area contributed by atoms with E-state index in [1.54, 1.807) is 30.3 Å². The third-order valence-corrected chi connectivity index (χ3v) is 4.48. The minimum absolute atomic E-state index is 0.0704. The van der Waals surface area contributed by atoms with Gasteiger partial charge in [-0.15, -0.1) is 0 Å². The van der Waals surface area contributed by atoms with Gasteiger partial charge in [0.05, 0.1) is 5.52 Å². The fourth-order valence-electron chi connectivity index (χ4n) is 3.13. The van der Waals surface area contributed by atoms with Crippen molar-refractivity contribution in [3.63, 3.8) is 0 Å². The van der Waals surface area contributed by atoms with Crippen molar-refractivity contribution in [2.75, 3.05) is 0 Å². The Morgan fingerprint density at radius 2 is 1.59 bits per heavy atom. The van der Waals surface area contributed by atoms with E-state index in [1.807, 2.05) is 59.8 Å².